The Bertz CT molecular complexity index is 391. The minimum absolute atomic E-state index is 0.159. The number of likely N-dealkylation sites (N-methyl/N-ethyl adjacent to an activating group) is 1. The van der Waals surface area contributed by atoms with Gasteiger partial charge in [-0.1, -0.05) is 13.8 Å². The molecule has 0 saturated carbocycles. The molecule has 0 aliphatic carbocycles. The molecule has 6 heteroatoms. The molecular weight excluding hydrogens is 272 g/mol. The fraction of sp³-hybridized carbons (Fsp3) is 0.600. The van der Waals surface area contributed by atoms with Crippen LogP contribution in [0.15, 0.2) is 15.6 Å². The molecule has 0 aromatic carbocycles. The third-order valence-electron chi connectivity index (χ3n) is 2.14. The lowest BCUT2D eigenvalue weighted by atomic mass is 10.4. The Labute approximate surface area is 103 Å². The highest BCUT2D eigenvalue weighted by Gasteiger charge is 2.09. The largest absolute Gasteiger partial charge is 0.357 e. The van der Waals surface area contributed by atoms with Crippen molar-refractivity contribution in [1.29, 1.82) is 0 Å². The predicted molar refractivity (Wildman–Crippen MR) is 69.0 cm³/mol. The van der Waals surface area contributed by atoms with Crippen LogP contribution in [0.1, 0.15) is 13.8 Å². The summed E-state index contributed by atoms with van der Waals surface area (Å²) in [5, 5.41) is 3.31. The fourth-order valence-corrected chi connectivity index (χ4v) is 1.79. The second-order valence-corrected chi connectivity index (χ2v) is 4.69. The van der Waals surface area contributed by atoms with Gasteiger partial charge in [-0.15, -0.1) is 0 Å². The van der Waals surface area contributed by atoms with Crippen LogP contribution in [0.25, 0.3) is 0 Å². The number of rotatable bonds is 5. The normalized spacial score (nSPS) is 10.8. The lowest BCUT2D eigenvalue weighted by Gasteiger charge is -2.19. The molecule has 0 atom stereocenters. The van der Waals surface area contributed by atoms with Crippen LogP contribution in [-0.4, -0.2) is 36.1 Å². The molecular formula is C10H17BrN4O. The van der Waals surface area contributed by atoms with Gasteiger partial charge in [-0.3, -0.25) is 4.79 Å². The third-order valence-corrected chi connectivity index (χ3v) is 2.85. The van der Waals surface area contributed by atoms with Crippen LogP contribution in [0.5, 0.6) is 0 Å². The molecule has 0 fully saturated rings. The Balaban J connectivity index is 2.62. The first-order valence-electron chi connectivity index (χ1n) is 5.20. The van der Waals surface area contributed by atoms with Gasteiger partial charge in [0.25, 0.3) is 5.56 Å². The Morgan fingerprint density at radius 3 is 2.94 bits per heavy atom. The van der Waals surface area contributed by atoms with Gasteiger partial charge in [0.1, 0.15) is 10.3 Å². The summed E-state index contributed by atoms with van der Waals surface area (Å²) in [7, 11) is 1.91. The summed E-state index contributed by atoms with van der Waals surface area (Å²) in [5.41, 5.74) is -0.159. The van der Waals surface area contributed by atoms with Crippen LogP contribution < -0.4 is 15.8 Å². The molecule has 90 valence electrons. The highest BCUT2D eigenvalue weighted by molar-refractivity contribution is 9.10. The summed E-state index contributed by atoms with van der Waals surface area (Å²) in [6, 6.07) is 0.462. The average Bonchev–Trinajstić information content (AvgIpc) is 2.21. The van der Waals surface area contributed by atoms with Gasteiger partial charge in [0.15, 0.2) is 0 Å². The molecule has 0 radical (unpaired) electrons. The van der Waals surface area contributed by atoms with E-state index >= 15 is 0 Å². The number of anilines is 1. The number of halogens is 1. The molecule has 2 N–H and O–H groups in total. The number of hydrogen-bond donors (Lipinski definition) is 2. The monoisotopic (exact) mass is 288 g/mol. The van der Waals surface area contributed by atoms with Crippen LogP contribution in [0.3, 0.4) is 0 Å². The number of H-pyrrole nitrogens is 1. The van der Waals surface area contributed by atoms with Gasteiger partial charge < -0.3 is 15.2 Å². The molecule has 0 aliphatic rings. The van der Waals surface area contributed by atoms with Crippen LogP contribution in [-0.2, 0) is 0 Å². The summed E-state index contributed by atoms with van der Waals surface area (Å²) in [6.45, 7) is 5.85. The first-order valence-corrected chi connectivity index (χ1v) is 5.99. The molecule has 0 unspecified atom stereocenters. The third kappa shape index (κ3) is 3.61. The Hall–Kier alpha value is -0.880. The van der Waals surface area contributed by atoms with Crippen LogP contribution >= 0.6 is 15.9 Å². The molecule has 1 aromatic rings. The van der Waals surface area contributed by atoms with Gasteiger partial charge >= 0.3 is 0 Å². The van der Waals surface area contributed by atoms with E-state index < -0.39 is 0 Å². The highest BCUT2D eigenvalue weighted by atomic mass is 79.9. The number of hydrogen-bond acceptors (Lipinski definition) is 4. The molecule has 5 nitrogen and oxygen atoms in total. The van der Waals surface area contributed by atoms with E-state index in [1.807, 2.05) is 11.9 Å². The van der Waals surface area contributed by atoms with E-state index in [-0.39, 0.29) is 5.56 Å². The van der Waals surface area contributed by atoms with Crippen LogP contribution in [0, 0.1) is 0 Å². The maximum atomic E-state index is 11.3. The van der Waals surface area contributed by atoms with Gasteiger partial charge in [-0.2, -0.15) is 0 Å². The summed E-state index contributed by atoms with van der Waals surface area (Å²) in [4.78, 5) is 19.9. The van der Waals surface area contributed by atoms with Crippen molar-refractivity contribution in [2.24, 2.45) is 0 Å². The van der Waals surface area contributed by atoms with Crippen molar-refractivity contribution in [2.75, 3.05) is 25.0 Å². The highest BCUT2D eigenvalue weighted by Crippen LogP contribution is 2.16. The van der Waals surface area contributed by atoms with Gasteiger partial charge in [0.2, 0.25) is 0 Å². The summed E-state index contributed by atoms with van der Waals surface area (Å²) < 4.78 is 0.474. The zero-order chi connectivity index (χ0) is 12.1. The average molecular weight is 289 g/mol. The van der Waals surface area contributed by atoms with Crippen molar-refractivity contribution in [3.8, 4) is 0 Å². The second kappa shape index (κ2) is 6.00. The van der Waals surface area contributed by atoms with Crippen LogP contribution in [0.4, 0.5) is 5.82 Å². The summed E-state index contributed by atoms with van der Waals surface area (Å²) in [5.74, 6) is 0.661. The maximum absolute atomic E-state index is 11.3. The quantitative estimate of drug-likeness (QED) is 0.848. The van der Waals surface area contributed by atoms with E-state index in [1.165, 1.54) is 6.33 Å². The SMILES string of the molecule is CC(C)NCCN(C)c1nc[nH]c(=O)c1Br. The fourth-order valence-electron chi connectivity index (χ4n) is 1.27. The van der Waals surface area contributed by atoms with Crippen molar-refractivity contribution < 1.29 is 0 Å². The Morgan fingerprint density at radius 2 is 2.31 bits per heavy atom. The molecule has 1 aromatic heterocycles. The van der Waals surface area contributed by atoms with Gasteiger partial charge in [0, 0.05) is 26.2 Å². The molecule has 16 heavy (non-hydrogen) atoms. The van der Waals surface area contributed by atoms with Crippen molar-refractivity contribution in [3.05, 3.63) is 21.2 Å². The molecule has 1 rings (SSSR count). The molecule has 0 saturated heterocycles. The van der Waals surface area contributed by atoms with E-state index in [9.17, 15) is 4.79 Å². The van der Waals surface area contributed by atoms with Crippen molar-refractivity contribution in [2.45, 2.75) is 19.9 Å². The molecule has 0 spiro atoms. The second-order valence-electron chi connectivity index (χ2n) is 3.90. The molecule has 1 heterocycles. The standard InChI is InChI=1S/C10H17BrN4O/c1-7(2)12-4-5-15(3)9-8(11)10(16)14-6-13-9/h6-7,12H,4-5H2,1-3H3,(H,13,14,16). The van der Waals surface area contributed by atoms with E-state index in [2.05, 4.69) is 45.1 Å². The molecule has 0 amide bonds. The lowest BCUT2D eigenvalue weighted by Crippen LogP contribution is -2.33. The van der Waals surface area contributed by atoms with Gasteiger partial charge in [0.05, 0.1) is 6.33 Å². The minimum Gasteiger partial charge on any atom is -0.357 e. The first-order chi connectivity index (χ1) is 7.52. The van der Waals surface area contributed by atoms with Crippen molar-refractivity contribution in [1.82, 2.24) is 15.3 Å². The number of nitrogens with zero attached hydrogens (tertiary/aromatic N) is 2. The van der Waals surface area contributed by atoms with E-state index in [0.717, 1.165) is 13.1 Å². The first kappa shape index (κ1) is 13.2. The van der Waals surface area contributed by atoms with Gasteiger partial charge in [-0.05, 0) is 15.9 Å². The Morgan fingerprint density at radius 1 is 1.62 bits per heavy atom. The van der Waals surface area contributed by atoms with Gasteiger partial charge in [-0.25, -0.2) is 4.98 Å². The van der Waals surface area contributed by atoms with Crippen molar-refractivity contribution in [3.63, 3.8) is 0 Å². The maximum Gasteiger partial charge on any atom is 0.267 e. The number of aromatic amines is 1. The summed E-state index contributed by atoms with van der Waals surface area (Å²) in [6.07, 6.45) is 1.41. The lowest BCUT2D eigenvalue weighted by molar-refractivity contribution is 0.588. The molecule has 0 aliphatic heterocycles. The predicted octanol–water partition coefficient (Wildman–Crippen LogP) is 0.967. The zero-order valence-electron chi connectivity index (χ0n) is 9.75. The zero-order valence-corrected chi connectivity index (χ0v) is 11.3. The number of aromatic nitrogens is 2. The van der Waals surface area contributed by atoms with E-state index in [1.54, 1.807) is 0 Å². The smallest absolute Gasteiger partial charge is 0.267 e. The summed E-state index contributed by atoms with van der Waals surface area (Å²) >= 11 is 3.23. The Kier molecular flexibility index (Phi) is 4.95. The van der Waals surface area contributed by atoms with E-state index in [0.29, 0.717) is 16.3 Å². The number of nitrogens with one attached hydrogen (secondary N) is 2. The van der Waals surface area contributed by atoms with E-state index in [4.69, 9.17) is 0 Å². The van der Waals surface area contributed by atoms with Crippen molar-refractivity contribution >= 4 is 21.7 Å². The minimum atomic E-state index is -0.159. The topological polar surface area (TPSA) is 61.0 Å². The van der Waals surface area contributed by atoms with Crippen LogP contribution in [0.2, 0.25) is 0 Å². The molecule has 0 bridgehead atoms.